The number of rotatable bonds is 4. The Labute approximate surface area is 157 Å². The first-order valence-corrected chi connectivity index (χ1v) is 9.92. The monoisotopic (exact) mass is 370 g/mol. The maximum atomic E-state index is 13.0. The van der Waals surface area contributed by atoms with Crippen LogP contribution < -0.4 is 0 Å². The second kappa shape index (κ2) is 6.83. The number of esters is 1. The third-order valence-electron chi connectivity index (χ3n) is 5.42. The Kier molecular flexibility index (Phi) is 4.53. The van der Waals surface area contributed by atoms with Crippen molar-refractivity contribution in [1.82, 2.24) is 9.88 Å². The molecule has 0 radical (unpaired) electrons. The molecule has 1 atom stereocenters. The Balaban J connectivity index is 1.46. The van der Waals surface area contributed by atoms with Gasteiger partial charge in [0.1, 0.15) is 10.6 Å². The predicted octanol–water partition coefficient (Wildman–Crippen LogP) is 3.64. The molecule has 1 amide bonds. The molecule has 136 valence electrons. The number of benzene rings is 1. The lowest BCUT2D eigenvalue weighted by Gasteiger charge is -2.30. The zero-order valence-electron chi connectivity index (χ0n) is 14.8. The molecule has 1 aromatic carbocycles. The summed E-state index contributed by atoms with van der Waals surface area (Å²) in [5, 5.41) is 2.95. The Bertz CT molecular complexity index is 811. The molecule has 1 saturated carbocycles. The van der Waals surface area contributed by atoms with Crippen LogP contribution in [-0.2, 0) is 20.9 Å². The van der Waals surface area contributed by atoms with E-state index in [0.29, 0.717) is 6.54 Å². The maximum Gasteiger partial charge on any atom is 0.307 e. The second-order valence-corrected chi connectivity index (χ2v) is 8.07. The summed E-state index contributed by atoms with van der Waals surface area (Å²) in [4.78, 5) is 31.2. The van der Waals surface area contributed by atoms with Crippen molar-refractivity contribution in [3.05, 3.63) is 41.4 Å². The van der Waals surface area contributed by atoms with Gasteiger partial charge in [-0.25, -0.2) is 4.98 Å². The zero-order chi connectivity index (χ0) is 18.1. The first kappa shape index (κ1) is 17.2. The molecule has 2 aliphatic rings. The molecule has 2 aromatic rings. The molecule has 1 spiro atoms. The van der Waals surface area contributed by atoms with E-state index in [4.69, 9.17) is 4.74 Å². The molecular weight excluding hydrogens is 348 g/mol. The molecule has 1 unspecified atom stereocenters. The van der Waals surface area contributed by atoms with Crippen LogP contribution in [0.5, 0.6) is 0 Å². The van der Waals surface area contributed by atoms with Gasteiger partial charge < -0.3 is 9.64 Å². The SMILES string of the molecule is CN(Cc1csc(-c2ccccc2)n1)C(=O)C1CC(=O)OC12CCCC2. The molecule has 5 nitrogen and oxygen atoms in total. The number of amides is 1. The van der Waals surface area contributed by atoms with Gasteiger partial charge in [0.25, 0.3) is 0 Å². The molecule has 0 bridgehead atoms. The van der Waals surface area contributed by atoms with Gasteiger partial charge in [-0.05, 0) is 25.7 Å². The van der Waals surface area contributed by atoms with E-state index in [2.05, 4.69) is 4.98 Å². The van der Waals surface area contributed by atoms with E-state index >= 15 is 0 Å². The van der Waals surface area contributed by atoms with Crippen molar-refractivity contribution in [2.75, 3.05) is 7.05 Å². The van der Waals surface area contributed by atoms with Crippen LogP contribution in [0.1, 0.15) is 37.8 Å². The third-order valence-corrected chi connectivity index (χ3v) is 6.36. The minimum atomic E-state index is -0.556. The fraction of sp³-hybridized carbons (Fsp3) is 0.450. The van der Waals surface area contributed by atoms with Gasteiger partial charge >= 0.3 is 5.97 Å². The van der Waals surface area contributed by atoms with Gasteiger partial charge in [0.2, 0.25) is 5.91 Å². The van der Waals surface area contributed by atoms with E-state index in [0.717, 1.165) is 41.9 Å². The molecule has 6 heteroatoms. The van der Waals surface area contributed by atoms with Gasteiger partial charge in [-0.3, -0.25) is 9.59 Å². The van der Waals surface area contributed by atoms with Crippen LogP contribution >= 0.6 is 11.3 Å². The zero-order valence-corrected chi connectivity index (χ0v) is 15.6. The largest absolute Gasteiger partial charge is 0.458 e. The van der Waals surface area contributed by atoms with Crippen LogP contribution in [0.4, 0.5) is 0 Å². The first-order valence-electron chi connectivity index (χ1n) is 9.04. The molecular formula is C20H22N2O3S. The molecule has 26 heavy (non-hydrogen) atoms. The lowest BCUT2D eigenvalue weighted by atomic mass is 9.84. The van der Waals surface area contributed by atoms with E-state index in [1.807, 2.05) is 35.7 Å². The number of carbonyl (C=O) groups is 2. The number of ether oxygens (including phenoxy) is 1. The fourth-order valence-electron chi connectivity index (χ4n) is 4.11. The molecule has 1 aliphatic heterocycles. The van der Waals surface area contributed by atoms with Gasteiger partial charge in [0, 0.05) is 18.0 Å². The second-order valence-electron chi connectivity index (χ2n) is 7.21. The number of hydrogen-bond donors (Lipinski definition) is 0. The quantitative estimate of drug-likeness (QED) is 0.771. The number of hydrogen-bond acceptors (Lipinski definition) is 5. The Morgan fingerprint density at radius 2 is 2.04 bits per heavy atom. The van der Waals surface area contributed by atoms with E-state index < -0.39 is 5.60 Å². The topological polar surface area (TPSA) is 59.5 Å². The van der Waals surface area contributed by atoms with Crippen molar-refractivity contribution in [2.24, 2.45) is 5.92 Å². The third kappa shape index (κ3) is 3.14. The van der Waals surface area contributed by atoms with E-state index in [1.165, 1.54) is 0 Å². The van der Waals surface area contributed by atoms with Crippen LogP contribution in [0.2, 0.25) is 0 Å². The van der Waals surface area contributed by atoms with Gasteiger partial charge in [-0.1, -0.05) is 30.3 Å². The summed E-state index contributed by atoms with van der Waals surface area (Å²) in [5.74, 6) is -0.597. The lowest BCUT2D eigenvalue weighted by molar-refractivity contribution is -0.151. The van der Waals surface area contributed by atoms with Crippen LogP contribution in [0.15, 0.2) is 35.7 Å². The van der Waals surface area contributed by atoms with Gasteiger partial charge in [-0.15, -0.1) is 11.3 Å². The molecule has 4 rings (SSSR count). The summed E-state index contributed by atoms with van der Waals surface area (Å²) in [5.41, 5.74) is 1.40. The highest BCUT2D eigenvalue weighted by molar-refractivity contribution is 7.13. The van der Waals surface area contributed by atoms with Crippen molar-refractivity contribution >= 4 is 23.2 Å². The summed E-state index contributed by atoms with van der Waals surface area (Å²) in [6.07, 6.45) is 3.85. The van der Waals surface area contributed by atoms with Crippen LogP contribution in [0, 0.1) is 5.92 Å². The van der Waals surface area contributed by atoms with Crippen molar-refractivity contribution in [1.29, 1.82) is 0 Å². The molecule has 1 aliphatic carbocycles. The van der Waals surface area contributed by atoms with E-state index in [9.17, 15) is 9.59 Å². The van der Waals surface area contributed by atoms with Crippen molar-refractivity contribution in [3.8, 4) is 10.6 Å². The lowest BCUT2D eigenvalue weighted by Crippen LogP contribution is -2.43. The van der Waals surface area contributed by atoms with Crippen LogP contribution in [0.25, 0.3) is 10.6 Å². The number of nitrogens with zero attached hydrogens (tertiary/aromatic N) is 2. The molecule has 1 saturated heterocycles. The summed E-state index contributed by atoms with van der Waals surface area (Å²) < 4.78 is 5.61. The highest BCUT2D eigenvalue weighted by Gasteiger charge is 2.54. The highest BCUT2D eigenvalue weighted by atomic mass is 32.1. The van der Waals surface area contributed by atoms with Crippen LogP contribution in [-0.4, -0.2) is 34.4 Å². The summed E-state index contributed by atoms with van der Waals surface area (Å²) in [7, 11) is 1.79. The van der Waals surface area contributed by atoms with Crippen LogP contribution in [0.3, 0.4) is 0 Å². The number of carbonyl (C=O) groups excluding carboxylic acids is 2. The summed E-state index contributed by atoms with van der Waals surface area (Å²) >= 11 is 1.58. The smallest absolute Gasteiger partial charge is 0.307 e. The molecule has 2 heterocycles. The van der Waals surface area contributed by atoms with Gasteiger partial charge in [0.05, 0.1) is 24.6 Å². The van der Waals surface area contributed by atoms with E-state index in [-0.39, 0.29) is 24.2 Å². The molecule has 2 fully saturated rings. The van der Waals surface area contributed by atoms with Gasteiger partial charge in [0.15, 0.2) is 0 Å². The minimum Gasteiger partial charge on any atom is -0.458 e. The highest BCUT2D eigenvalue weighted by Crippen LogP contribution is 2.46. The summed E-state index contributed by atoms with van der Waals surface area (Å²) in [6.45, 7) is 0.447. The molecule has 0 N–H and O–H groups in total. The number of aromatic nitrogens is 1. The van der Waals surface area contributed by atoms with Gasteiger partial charge in [-0.2, -0.15) is 0 Å². The van der Waals surface area contributed by atoms with Crippen molar-refractivity contribution in [3.63, 3.8) is 0 Å². The average Bonchev–Trinajstić information content (AvgIpc) is 3.37. The Morgan fingerprint density at radius 3 is 2.77 bits per heavy atom. The standard InChI is InChI=1S/C20H22N2O3S/c1-22(12-15-13-26-18(21-15)14-7-3-2-4-8-14)19(24)16-11-17(23)25-20(16)9-5-6-10-20/h2-4,7-8,13,16H,5-6,9-12H2,1H3. The average molecular weight is 370 g/mol. The van der Waals surface area contributed by atoms with E-state index in [1.54, 1.807) is 23.3 Å². The number of thiazole rings is 1. The normalized spacial score (nSPS) is 21.1. The first-order chi connectivity index (χ1) is 12.6. The fourth-order valence-corrected chi connectivity index (χ4v) is 4.93. The Hall–Kier alpha value is -2.21. The predicted molar refractivity (Wildman–Crippen MR) is 99.4 cm³/mol. The van der Waals surface area contributed by atoms with Crippen molar-refractivity contribution in [2.45, 2.75) is 44.2 Å². The summed E-state index contributed by atoms with van der Waals surface area (Å²) in [6, 6.07) is 10.0. The minimum absolute atomic E-state index is 0.00740. The Morgan fingerprint density at radius 1 is 1.31 bits per heavy atom. The molecule has 1 aromatic heterocycles. The maximum absolute atomic E-state index is 13.0. The van der Waals surface area contributed by atoms with Crippen molar-refractivity contribution < 1.29 is 14.3 Å².